The van der Waals surface area contributed by atoms with Gasteiger partial charge in [-0.1, -0.05) is 13.8 Å². The molecular weight excluding hydrogens is 367 g/mol. The van der Waals surface area contributed by atoms with Crippen molar-refractivity contribution in [2.75, 3.05) is 32.8 Å². The lowest BCUT2D eigenvalue weighted by Crippen LogP contribution is -2.53. The maximum Gasteiger partial charge on any atom is 0.123 e. The van der Waals surface area contributed by atoms with Crippen molar-refractivity contribution in [1.29, 1.82) is 0 Å². The van der Waals surface area contributed by atoms with E-state index in [2.05, 4.69) is 30.6 Å². The molecule has 0 bridgehead atoms. The van der Waals surface area contributed by atoms with Crippen LogP contribution < -0.4 is 0 Å². The molecule has 2 aromatic rings. The molecule has 160 valence electrons. The summed E-state index contributed by atoms with van der Waals surface area (Å²) in [4.78, 5) is 5.03. The zero-order chi connectivity index (χ0) is 21.0. The van der Waals surface area contributed by atoms with Crippen molar-refractivity contribution < 1.29 is 9.50 Å². The Kier molecular flexibility index (Phi) is 7.44. The summed E-state index contributed by atoms with van der Waals surface area (Å²) in [7, 11) is 0. The van der Waals surface area contributed by atoms with Gasteiger partial charge in [0.1, 0.15) is 5.82 Å². The third-order valence-corrected chi connectivity index (χ3v) is 6.04. The molecule has 3 rings (SSSR count). The number of aliphatic hydroxyl groups is 1. The van der Waals surface area contributed by atoms with Crippen molar-refractivity contribution in [3.8, 4) is 5.69 Å². The lowest BCUT2D eigenvalue weighted by Gasteiger charge is -2.41. The minimum atomic E-state index is -0.235. The lowest BCUT2D eigenvalue weighted by atomic mass is 10.0. The van der Waals surface area contributed by atoms with Crippen molar-refractivity contribution in [2.45, 2.75) is 53.1 Å². The van der Waals surface area contributed by atoms with E-state index in [-0.39, 0.29) is 12.4 Å². The van der Waals surface area contributed by atoms with Crippen LogP contribution in [0.25, 0.3) is 5.69 Å². The summed E-state index contributed by atoms with van der Waals surface area (Å²) in [6.45, 7) is 13.9. The molecule has 1 N–H and O–H groups in total. The number of benzene rings is 1. The predicted octanol–water partition coefficient (Wildman–Crippen LogP) is 3.54. The summed E-state index contributed by atoms with van der Waals surface area (Å²) in [6.07, 6.45) is 2.02. The number of piperazine rings is 1. The van der Waals surface area contributed by atoms with Crippen LogP contribution in [0.15, 0.2) is 24.3 Å². The van der Waals surface area contributed by atoms with E-state index in [0.29, 0.717) is 12.0 Å². The van der Waals surface area contributed by atoms with E-state index in [1.807, 2.05) is 11.6 Å². The van der Waals surface area contributed by atoms with Gasteiger partial charge in [0.05, 0.1) is 11.4 Å². The van der Waals surface area contributed by atoms with Crippen molar-refractivity contribution >= 4 is 0 Å². The molecule has 1 aliphatic heterocycles. The van der Waals surface area contributed by atoms with E-state index in [1.54, 1.807) is 12.1 Å². The first-order valence-corrected chi connectivity index (χ1v) is 10.8. The number of halogens is 1. The molecule has 1 aromatic carbocycles. The summed E-state index contributed by atoms with van der Waals surface area (Å²) < 4.78 is 15.2. The Balaban J connectivity index is 1.70. The van der Waals surface area contributed by atoms with E-state index in [4.69, 9.17) is 5.10 Å². The summed E-state index contributed by atoms with van der Waals surface area (Å²) in [5.41, 5.74) is 4.26. The van der Waals surface area contributed by atoms with Gasteiger partial charge in [-0.2, -0.15) is 5.10 Å². The molecule has 1 saturated heterocycles. The van der Waals surface area contributed by atoms with E-state index in [9.17, 15) is 9.50 Å². The molecule has 1 fully saturated rings. The van der Waals surface area contributed by atoms with Crippen LogP contribution in [0.5, 0.6) is 0 Å². The van der Waals surface area contributed by atoms with Gasteiger partial charge >= 0.3 is 0 Å². The van der Waals surface area contributed by atoms with Crippen LogP contribution in [-0.2, 0) is 6.54 Å². The summed E-state index contributed by atoms with van der Waals surface area (Å²) in [5, 5.41) is 14.3. The van der Waals surface area contributed by atoms with Crippen LogP contribution in [-0.4, -0.2) is 63.5 Å². The molecule has 0 amide bonds. The molecule has 2 heterocycles. The molecular formula is C23H35FN4O. The average Bonchev–Trinajstić information content (AvgIpc) is 2.96. The van der Waals surface area contributed by atoms with Crippen molar-refractivity contribution in [3.63, 3.8) is 0 Å². The Bertz CT molecular complexity index is 787. The fourth-order valence-corrected chi connectivity index (χ4v) is 4.20. The van der Waals surface area contributed by atoms with Crippen LogP contribution in [0.4, 0.5) is 4.39 Å². The minimum absolute atomic E-state index is 0.233. The first kappa shape index (κ1) is 21.9. The van der Waals surface area contributed by atoms with Crippen LogP contribution >= 0.6 is 0 Å². The van der Waals surface area contributed by atoms with Gasteiger partial charge < -0.3 is 5.11 Å². The van der Waals surface area contributed by atoms with Crippen LogP contribution in [0, 0.1) is 25.6 Å². The summed E-state index contributed by atoms with van der Waals surface area (Å²) >= 11 is 0. The largest absolute Gasteiger partial charge is 0.396 e. The van der Waals surface area contributed by atoms with Crippen molar-refractivity contribution in [3.05, 3.63) is 47.0 Å². The fraction of sp³-hybridized carbons (Fsp3) is 0.609. The molecule has 1 aliphatic rings. The number of hydrogen-bond donors (Lipinski definition) is 1. The Morgan fingerprint density at radius 2 is 1.90 bits per heavy atom. The SMILES string of the molecule is Cc1nn(-c2ccc(F)cc2)c(C)c1CN1CCN(CCC(C)C)[C@@H](CCO)C1. The highest BCUT2D eigenvalue weighted by molar-refractivity contribution is 5.37. The lowest BCUT2D eigenvalue weighted by molar-refractivity contribution is 0.0522. The van der Waals surface area contributed by atoms with Crippen molar-refractivity contribution in [2.24, 2.45) is 5.92 Å². The second-order valence-electron chi connectivity index (χ2n) is 8.66. The zero-order valence-electron chi connectivity index (χ0n) is 18.2. The molecule has 0 unspecified atom stereocenters. The Morgan fingerprint density at radius 1 is 1.17 bits per heavy atom. The molecule has 29 heavy (non-hydrogen) atoms. The number of aryl methyl sites for hydroxylation is 1. The van der Waals surface area contributed by atoms with Crippen molar-refractivity contribution in [1.82, 2.24) is 19.6 Å². The monoisotopic (exact) mass is 402 g/mol. The number of aliphatic hydroxyl groups excluding tert-OH is 1. The maximum atomic E-state index is 13.3. The molecule has 0 aliphatic carbocycles. The highest BCUT2D eigenvalue weighted by Crippen LogP contribution is 2.22. The van der Waals surface area contributed by atoms with E-state index in [0.717, 1.165) is 56.2 Å². The van der Waals surface area contributed by atoms with Crippen LogP contribution in [0.3, 0.4) is 0 Å². The van der Waals surface area contributed by atoms with Gasteiger partial charge in [0.15, 0.2) is 0 Å². The number of aromatic nitrogens is 2. The van der Waals surface area contributed by atoms with E-state index < -0.39 is 0 Å². The minimum Gasteiger partial charge on any atom is -0.396 e. The quantitative estimate of drug-likeness (QED) is 0.734. The van der Waals surface area contributed by atoms with Gasteiger partial charge in [-0.3, -0.25) is 9.80 Å². The first-order chi connectivity index (χ1) is 13.9. The highest BCUT2D eigenvalue weighted by Gasteiger charge is 2.27. The number of hydrogen-bond acceptors (Lipinski definition) is 4. The van der Waals surface area contributed by atoms with Gasteiger partial charge in [-0.15, -0.1) is 0 Å². The Morgan fingerprint density at radius 3 is 2.55 bits per heavy atom. The summed E-state index contributed by atoms with van der Waals surface area (Å²) in [6, 6.07) is 6.88. The molecule has 1 aromatic heterocycles. The topological polar surface area (TPSA) is 44.5 Å². The second kappa shape index (κ2) is 9.83. The number of nitrogens with zero attached hydrogens (tertiary/aromatic N) is 4. The predicted molar refractivity (Wildman–Crippen MR) is 115 cm³/mol. The Labute approximate surface area is 174 Å². The number of rotatable bonds is 8. The first-order valence-electron chi connectivity index (χ1n) is 10.8. The summed E-state index contributed by atoms with van der Waals surface area (Å²) in [5.74, 6) is 0.464. The zero-order valence-corrected chi connectivity index (χ0v) is 18.2. The molecule has 1 atom stereocenters. The van der Waals surface area contributed by atoms with Gasteiger partial charge in [-0.05, 0) is 63.4 Å². The standard InChI is InChI=1S/C23H35FN4O/c1-17(2)9-11-27-13-12-26(15-22(27)10-14-29)16-23-18(3)25-28(19(23)4)21-7-5-20(24)6-8-21/h5-8,17,22,29H,9-16H2,1-4H3/t22-/m0/s1. The Hall–Kier alpha value is -1.76. The fourth-order valence-electron chi connectivity index (χ4n) is 4.20. The molecule has 0 radical (unpaired) electrons. The van der Waals surface area contributed by atoms with Gasteiger partial charge in [0, 0.05) is 50.1 Å². The third kappa shape index (κ3) is 5.44. The van der Waals surface area contributed by atoms with Gasteiger partial charge in [0.2, 0.25) is 0 Å². The average molecular weight is 403 g/mol. The second-order valence-corrected chi connectivity index (χ2v) is 8.66. The third-order valence-electron chi connectivity index (χ3n) is 6.04. The van der Waals surface area contributed by atoms with E-state index >= 15 is 0 Å². The molecule has 0 saturated carbocycles. The van der Waals surface area contributed by atoms with E-state index in [1.165, 1.54) is 24.1 Å². The normalized spacial score (nSPS) is 18.7. The van der Waals surface area contributed by atoms with Gasteiger partial charge in [0.25, 0.3) is 0 Å². The molecule has 5 nitrogen and oxygen atoms in total. The maximum absolute atomic E-state index is 13.3. The smallest absolute Gasteiger partial charge is 0.123 e. The molecule has 0 spiro atoms. The van der Waals surface area contributed by atoms with Crippen LogP contribution in [0.1, 0.15) is 43.6 Å². The molecule has 6 heteroatoms. The van der Waals surface area contributed by atoms with Gasteiger partial charge in [-0.25, -0.2) is 9.07 Å². The highest BCUT2D eigenvalue weighted by atomic mass is 19.1. The van der Waals surface area contributed by atoms with Crippen LogP contribution in [0.2, 0.25) is 0 Å².